The average molecular weight is 472 g/mol. The molecule has 0 aliphatic rings. The summed E-state index contributed by atoms with van der Waals surface area (Å²) < 4.78 is 0. The summed E-state index contributed by atoms with van der Waals surface area (Å²) in [6, 6.07) is 12.0. The van der Waals surface area contributed by atoms with Crippen LogP contribution in [0.3, 0.4) is 0 Å². The zero-order chi connectivity index (χ0) is 24.7. The molecule has 176 valence electrons. The molecule has 7 nitrogen and oxygen atoms in total. The van der Waals surface area contributed by atoms with Gasteiger partial charge in [-0.25, -0.2) is 0 Å². The predicted octanol–water partition coefficient (Wildman–Crippen LogP) is 4.10. The molecular formula is C25H30ClN3O4. The van der Waals surface area contributed by atoms with Crippen LogP contribution in [0.4, 0.5) is 5.69 Å². The first-order valence-electron chi connectivity index (χ1n) is 10.6. The number of hydrogen-bond acceptors (Lipinski definition) is 4. The van der Waals surface area contributed by atoms with E-state index in [1.807, 2.05) is 26.8 Å². The number of aryl methyl sites for hydroxylation is 1. The van der Waals surface area contributed by atoms with E-state index in [1.165, 1.54) is 9.80 Å². The van der Waals surface area contributed by atoms with Gasteiger partial charge in [0, 0.05) is 36.9 Å². The Morgan fingerprint density at radius 2 is 1.73 bits per heavy atom. The zero-order valence-corrected chi connectivity index (χ0v) is 20.3. The van der Waals surface area contributed by atoms with Gasteiger partial charge in [-0.2, -0.15) is 0 Å². The minimum atomic E-state index is -0.716. The molecule has 0 aliphatic carbocycles. The average Bonchev–Trinajstić information content (AvgIpc) is 2.77. The Hall–Kier alpha value is -3.32. The smallest absolute Gasteiger partial charge is 0.286 e. The third-order valence-electron chi connectivity index (χ3n) is 4.82. The van der Waals surface area contributed by atoms with Crippen molar-refractivity contribution >= 4 is 35.0 Å². The molecule has 0 bridgehead atoms. The number of aliphatic hydroxyl groups is 1. The van der Waals surface area contributed by atoms with Gasteiger partial charge in [0.25, 0.3) is 17.7 Å². The summed E-state index contributed by atoms with van der Waals surface area (Å²) in [5, 5.41) is 13.3. The highest BCUT2D eigenvalue weighted by molar-refractivity contribution is 6.31. The SMILES string of the molecule is Cc1cc(CN(C(=O)/C=C(\O)C(=O)NCC(C)C)c2ccc(C(=O)N(C)C)cc2)ccc1Cl. The molecular weight excluding hydrogens is 442 g/mol. The number of benzene rings is 2. The lowest BCUT2D eigenvalue weighted by atomic mass is 10.1. The van der Waals surface area contributed by atoms with Crippen molar-refractivity contribution in [2.75, 3.05) is 25.5 Å². The first-order chi connectivity index (χ1) is 15.5. The van der Waals surface area contributed by atoms with Crippen LogP contribution in [0.2, 0.25) is 5.02 Å². The van der Waals surface area contributed by atoms with Gasteiger partial charge in [0.15, 0.2) is 5.76 Å². The number of hydrogen-bond donors (Lipinski definition) is 2. The van der Waals surface area contributed by atoms with Crippen molar-refractivity contribution in [2.45, 2.75) is 27.3 Å². The highest BCUT2D eigenvalue weighted by atomic mass is 35.5. The predicted molar refractivity (Wildman–Crippen MR) is 130 cm³/mol. The Morgan fingerprint density at radius 3 is 2.27 bits per heavy atom. The lowest BCUT2D eigenvalue weighted by Crippen LogP contribution is -2.32. The molecule has 0 atom stereocenters. The third kappa shape index (κ3) is 7.36. The summed E-state index contributed by atoms with van der Waals surface area (Å²) in [5.74, 6) is -1.92. The van der Waals surface area contributed by atoms with E-state index in [1.54, 1.807) is 50.5 Å². The molecule has 2 aromatic rings. The Balaban J connectivity index is 2.36. The molecule has 33 heavy (non-hydrogen) atoms. The lowest BCUT2D eigenvalue weighted by molar-refractivity contribution is -0.121. The normalized spacial score (nSPS) is 11.3. The van der Waals surface area contributed by atoms with Gasteiger partial charge in [0.1, 0.15) is 0 Å². The summed E-state index contributed by atoms with van der Waals surface area (Å²) in [6.45, 7) is 6.26. The molecule has 3 amide bonds. The van der Waals surface area contributed by atoms with Gasteiger partial charge < -0.3 is 20.2 Å². The van der Waals surface area contributed by atoms with Crippen LogP contribution in [-0.2, 0) is 16.1 Å². The van der Waals surface area contributed by atoms with Crippen LogP contribution in [0, 0.1) is 12.8 Å². The van der Waals surface area contributed by atoms with E-state index in [0.717, 1.165) is 17.2 Å². The fourth-order valence-corrected chi connectivity index (χ4v) is 3.09. The lowest BCUT2D eigenvalue weighted by Gasteiger charge is -2.23. The minimum absolute atomic E-state index is 0.160. The Bertz CT molecular complexity index is 1050. The van der Waals surface area contributed by atoms with Gasteiger partial charge in [-0.1, -0.05) is 37.6 Å². The fraction of sp³-hybridized carbons (Fsp3) is 0.320. The van der Waals surface area contributed by atoms with Gasteiger partial charge >= 0.3 is 0 Å². The van der Waals surface area contributed by atoms with Gasteiger partial charge in [0.2, 0.25) is 0 Å². The first kappa shape index (κ1) is 25.9. The van der Waals surface area contributed by atoms with E-state index < -0.39 is 17.6 Å². The number of nitrogens with one attached hydrogen (secondary N) is 1. The number of aliphatic hydroxyl groups excluding tert-OH is 1. The van der Waals surface area contributed by atoms with Crippen molar-refractivity contribution in [3.05, 3.63) is 76.0 Å². The molecule has 0 heterocycles. The zero-order valence-electron chi connectivity index (χ0n) is 19.6. The Morgan fingerprint density at radius 1 is 1.09 bits per heavy atom. The van der Waals surface area contributed by atoms with E-state index in [-0.39, 0.29) is 18.4 Å². The van der Waals surface area contributed by atoms with Crippen LogP contribution in [-0.4, -0.2) is 48.4 Å². The molecule has 0 saturated carbocycles. The minimum Gasteiger partial charge on any atom is -0.503 e. The number of carbonyl (C=O) groups excluding carboxylic acids is 3. The number of anilines is 1. The monoisotopic (exact) mass is 471 g/mol. The first-order valence-corrected chi connectivity index (χ1v) is 10.9. The van der Waals surface area contributed by atoms with Crippen molar-refractivity contribution < 1.29 is 19.5 Å². The van der Waals surface area contributed by atoms with E-state index >= 15 is 0 Å². The topological polar surface area (TPSA) is 90.0 Å². The van der Waals surface area contributed by atoms with Crippen LogP contribution in [0.5, 0.6) is 0 Å². The van der Waals surface area contributed by atoms with E-state index in [2.05, 4.69) is 5.32 Å². The summed E-state index contributed by atoms with van der Waals surface area (Å²) in [7, 11) is 3.32. The van der Waals surface area contributed by atoms with Gasteiger partial charge in [-0.05, 0) is 54.3 Å². The fourth-order valence-electron chi connectivity index (χ4n) is 2.97. The maximum Gasteiger partial charge on any atom is 0.286 e. The Kier molecular flexibility index (Phi) is 9.05. The summed E-state index contributed by atoms with van der Waals surface area (Å²) in [4.78, 5) is 40.3. The van der Waals surface area contributed by atoms with Crippen molar-refractivity contribution in [1.29, 1.82) is 0 Å². The van der Waals surface area contributed by atoms with E-state index in [4.69, 9.17) is 11.6 Å². The van der Waals surface area contributed by atoms with Crippen LogP contribution < -0.4 is 10.2 Å². The molecule has 0 unspecified atom stereocenters. The van der Waals surface area contributed by atoms with Gasteiger partial charge in [0.05, 0.1) is 12.6 Å². The number of rotatable bonds is 8. The van der Waals surface area contributed by atoms with Crippen molar-refractivity contribution in [1.82, 2.24) is 10.2 Å². The van der Waals surface area contributed by atoms with Crippen LogP contribution in [0.15, 0.2) is 54.3 Å². The van der Waals surface area contributed by atoms with Crippen LogP contribution in [0.1, 0.15) is 35.3 Å². The van der Waals surface area contributed by atoms with Crippen molar-refractivity contribution in [3.8, 4) is 0 Å². The quantitative estimate of drug-likeness (QED) is 0.448. The van der Waals surface area contributed by atoms with Gasteiger partial charge in [-0.3, -0.25) is 14.4 Å². The second-order valence-corrected chi connectivity index (χ2v) is 8.80. The number of amides is 3. The third-order valence-corrected chi connectivity index (χ3v) is 5.25. The highest BCUT2D eigenvalue weighted by Crippen LogP contribution is 2.22. The second kappa shape index (κ2) is 11.5. The van der Waals surface area contributed by atoms with E-state index in [9.17, 15) is 19.5 Å². The molecule has 0 aliphatic heterocycles. The summed E-state index contributed by atoms with van der Waals surface area (Å²) in [6.07, 6.45) is 0.900. The molecule has 0 saturated heterocycles. The van der Waals surface area contributed by atoms with Gasteiger partial charge in [-0.15, -0.1) is 0 Å². The molecule has 2 aromatic carbocycles. The molecule has 0 fully saturated rings. The van der Waals surface area contributed by atoms with Crippen molar-refractivity contribution in [2.24, 2.45) is 5.92 Å². The summed E-state index contributed by atoms with van der Waals surface area (Å²) in [5.41, 5.74) is 2.66. The van der Waals surface area contributed by atoms with Crippen molar-refractivity contribution in [3.63, 3.8) is 0 Å². The molecule has 2 N–H and O–H groups in total. The number of nitrogens with zero attached hydrogens (tertiary/aromatic N) is 2. The van der Waals surface area contributed by atoms with Crippen LogP contribution >= 0.6 is 11.6 Å². The maximum atomic E-state index is 13.1. The molecule has 0 spiro atoms. The molecule has 0 radical (unpaired) electrons. The van der Waals surface area contributed by atoms with E-state index in [0.29, 0.717) is 22.8 Å². The molecule has 8 heteroatoms. The number of carbonyl (C=O) groups is 3. The number of halogens is 1. The maximum absolute atomic E-state index is 13.1. The molecule has 2 rings (SSSR count). The second-order valence-electron chi connectivity index (χ2n) is 8.39. The Labute approximate surface area is 199 Å². The highest BCUT2D eigenvalue weighted by Gasteiger charge is 2.19. The largest absolute Gasteiger partial charge is 0.503 e. The standard InChI is InChI=1S/C25H30ClN3O4/c1-16(2)14-27-24(32)22(30)13-23(31)29(15-18-6-11-21(26)17(3)12-18)20-9-7-19(8-10-20)25(33)28(4)5/h6-13,16,30H,14-15H2,1-5H3,(H,27,32)/b22-13-. The summed E-state index contributed by atoms with van der Waals surface area (Å²) >= 11 is 6.12. The van der Waals surface area contributed by atoms with Crippen LogP contribution in [0.25, 0.3) is 0 Å². The molecule has 0 aromatic heterocycles.